The van der Waals surface area contributed by atoms with E-state index in [9.17, 15) is 4.79 Å². The van der Waals surface area contributed by atoms with Gasteiger partial charge < -0.3 is 23.9 Å². The summed E-state index contributed by atoms with van der Waals surface area (Å²) in [5, 5.41) is 12.3. The van der Waals surface area contributed by atoms with Gasteiger partial charge in [-0.2, -0.15) is 5.10 Å². The van der Waals surface area contributed by atoms with Gasteiger partial charge in [0.15, 0.2) is 11.3 Å². The van der Waals surface area contributed by atoms with Crippen molar-refractivity contribution in [1.82, 2.24) is 15.2 Å². The minimum absolute atomic E-state index is 0.232. The van der Waals surface area contributed by atoms with E-state index in [-0.39, 0.29) is 12.5 Å². The highest BCUT2D eigenvalue weighted by Gasteiger charge is 2.18. The van der Waals surface area contributed by atoms with Gasteiger partial charge in [-0.25, -0.2) is 4.98 Å². The summed E-state index contributed by atoms with van der Waals surface area (Å²) in [6.45, 7) is 1.66. The Balaban J connectivity index is 1.30. The molecule has 4 aromatic carbocycles. The molecule has 200 valence electrons. The Morgan fingerprint density at radius 2 is 1.75 bits per heavy atom. The number of anilines is 1. The molecule has 0 fully saturated rings. The van der Waals surface area contributed by atoms with Gasteiger partial charge in [-0.05, 0) is 34.5 Å². The first kappa shape index (κ1) is 25.0. The van der Waals surface area contributed by atoms with Crippen molar-refractivity contribution in [2.75, 3.05) is 19.5 Å². The van der Waals surface area contributed by atoms with Crippen LogP contribution in [0.2, 0.25) is 0 Å². The first-order valence-electron chi connectivity index (χ1n) is 12.6. The number of nitrogens with zero attached hydrogens (tertiary/aromatic N) is 2. The molecular weight excluding hydrogens is 508 g/mol. The Hall–Kier alpha value is -5.31. The zero-order chi connectivity index (χ0) is 27.6. The lowest BCUT2D eigenvalue weighted by molar-refractivity contribution is -0.114. The minimum Gasteiger partial charge on any atom is -0.496 e. The van der Waals surface area contributed by atoms with Crippen molar-refractivity contribution in [2.45, 2.75) is 13.5 Å². The third-order valence-corrected chi connectivity index (χ3v) is 6.53. The van der Waals surface area contributed by atoms with Gasteiger partial charge in [0.1, 0.15) is 29.3 Å². The van der Waals surface area contributed by atoms with Gasteiger partial charge in [0.2, 0.25) is 11.8 Å². The van der Waals surface area contributed by atoms with Crippen LogP contribution < -0.4 is 19.5 Å². The molecule has 9 nitrogen and oxygen atoms in total. The topological polar surface area (TPSA) is 112 Å². The number of carbonyl (C=O) groups is 1. The lowest BCUT2D eigenvalue weighted by atomic mass is 10.1. The van der Waals surface area contributed by atoms with Gasteiger partial charge >= 0.3 is 0 Å². The maximum atomic E-state index is 11.8. The molecule has 6 aromatic rings. The zero-order valence-electron chi connectivity index (χ0n) is 22.1. The number of benzene rings is 4. The van der Waals surface area contributed by atoms with Crippen LogP contribution >= 0.6 is 0 Å². The van der Waals surface area contributed by atoms with Crippen molar-refractivity contribution in [3.05, 3.63) is 84.6 Å². The van der Waals surface area contributed by atoms with E-state index in [0.717, 1.165) is 38.7 Å². The number of fused-ring (bicyclic) bond motifs is 2. The van der Waals surface area contributed by atoms with Gasteiger partial charge in [-0.1, -0.05) is 42.5 Å². The lowest BCUT2D eigenvalue weighted by Crippen LogP contribution is -2.10. The molecule has 0 saturated carbocycles. The summed E-state index contributed by atoms with van der Waals surface area (Å²) < 4.78 is 23.1. The maximum absolute atomic E-state index is 11.8. The fourth-order valence-electron chi connectivity index (χ4n) is 4.63. The molecule has 0 bridgehead atoms. The van der Waals surface area contributed by atoms with Crippen LogP contribution in [0.5, 0.6) is 17.2 Å². The van der Waals surface area contributed by atoms with Gasteiger partial charge in [-0.15, -0.1) is 0 Å². The van der Waals surface area contributed by atoms with Crippen LogP contribution in [-0.2, 0) is 11.4 Å². The molecule has 2 heterocycles. The van der Waals surface area contributed by atoms with E-state index in [0.29, 0.717) is 34.4 Å². The highest BCUT2D eigenvalue weighted by molar-refractivity contribution is 5.95. The zero-order valence-corrected chi connectivity index (χ0v) is 22.1. The number of nitrogens with one attached hydrogen (secondary N) is 2. The maximum Gasteiger partial charge on any atom is 0.231 e. The summed E-state index contributed by atoms with van der Waals surface area (Å²) in [5.74, 6) is 1.65. The van der Waals surface area contributed by atoms with E-state index in [1.807, 2.05) is 48.5 Å². The monoisotopic (exact) mass is 534 g/mol. The number of H-pyrrole nitrogens is 1. The quantitative estimate of drug-likeness (QED) is 0.226. The molecule has 2 N–H and O–H groups in total. The number of rotatable bonds is 8. The second kappa shape index (κ2) is 10.5. The standard InChI is InChI=1S/C31H26N4O5/c1-18(36)33-30-27(38-3)14-23(37-2)15-28(30)39-17-19-7-6-10-22(11-19)29-24(16-32-35-29)31-34-25-12-20-8-4-5-9-21(20)13-26(25)40-31/h4-16H,17H2,1-3H3,(H,32,35)(H,33,36). The predicted molar refractivity (Wildman–Crippen MR) is 153 cm³/mol. The van der Waals surface area contributed by atoms with Crippen molar-refractivity contribution in [3.63, 3.8) is 0 Å². The molecule has 0 saturated heterocycles. The molecule has 9 heteroatoms. The second-order valence-corrected chi connectivity index (χ2v) is 9.22. The van der Waals surface area contributed by atoms with E-state index >= 15 is 0 Å². The Labute approximate surface area is 229 Å². The van der Waals surface area contributed by atoms with Crippen LogP contribution in [0, 0.1) is 0 Å². The summed E-state index contributed by atoms with van der Waals surface area (Å²) >= 11 is 0. The molecule has 6 rings (SSSR count). The normalized spacial score (nSPS) is 11.1. The molecule has 0 atom stereocenters. The summed E-state index contributed by atoms with van der Waals surface area (Å²) in [7, 11) is 3.08. The van der Waals surface area contributed by atoms with Crippen molar-refractivity contribution < 1.29 is 23.4 Å². The van der Waals surface area contributed by atoms with Crippen LogP contribution in [0.4, 0.5) is 5.69 Å². The molecule has 2 aromatic heterocycles. The van der Waals surface area contributed by atoms with Crippen LogP contribution in [-0.4, -0.2) is 35.3 Å². The Bertz CT molecular complexity index is 1800. The molecule has 0 aliphatic heterocycles. The van der Waals surface area contributed by atoms with Crippen molar-refractivity contribution in [3.8, 4) is 40.0 Å². The molecular formula is C31H26N4O5. The van der Waals surface area contributed by atoms with Crippen LogP contribution in [0.25, 0.3) is 44.6 Å². The smallest absolute Gasteiger partial charge is 0.231 e. The van der Waals surface area contributed by atoms with Crippen molar-refractivity contribution in [1.29, 1.82) is 0 Å². The fourth-order valence-corrected chi connectivity index (χ4v) is 4.63. The summed E-state index contributed by atoms with van der Waals surface area (Å²) in [6.07, 6.45) is 1.71. The number of aromatic nitrogens is 3. The molecule has 40 heavy (non-hydrogen) atoms. The molecule has 0 unspecified atom stereocenters. The SMILES string of the molecule is COc1cc(OC)c(NC(C)=O)c(OCc2cccc(-c3[nH]ncc3-c3nc4cc5ccccc5cc4o3)c2)c1. The van der Waals surface area contributed by atoms with Gasteiger partial charge in [-0.3, -0.25) is 9.89 Å². The molecule has 1 amide bonds. The number of aromatic amines is 1. The number of oxazole rings is 1. The van der Waals surface area contributed by atoms with Gasteiger partial charge in [0.25, 0.3) is 0 Å². The van der Waals surface area contributed by atoms with E-state index < -0.39 is 0 Å². The average Bonchev–Trinajstić information content (AvgIpc) is 3.62. The summed E-state index contributed by atoms with van der Waals surface area (Å²) in [5.41, 5.74) is 5.26. The number of hydrogen-bond donors (Lipinski definition) is 2. The number of methoxy groups -OCH3 is 2. The third-order valence-electron chi connectivity index (χ3n) is 6.53. The van der Waals surface area contributed by atoms with Crippen LogP contribution in [0.3, 0.4) is 0 Å². The summed E-state index contributed by atoms with van der Waals surface area (Å²) in [6, 6.07) is 23.4. The van der Waals surface area contributed by atoms with Crippen LogP contribution in [0.1, 0.15) is 12.5 Å². The van der Waals surface area contributed by atoms with Gasteiger partial charge in [0.05, 0.1) is 31.7 Å². The third kappa shape index (κ3) is 4.80. The Kier molecular flexibility index (Phi) is 6.53. The average molecular weight is 535 g/mol. The largest absolute Gasteiger partial charge is 0.496 e. The highest BCUT2D eigenvalue weighted by Crippen LogP contribution is 2.40. The second-order valence-electron chi connectivity index (χ2n) is 9.22. The van der Waals surface area contributed by atoms with E-state index in [1.54, 1.807) is 25.4 Å². The number of ether oxygens (including phenoxy) is 3. The highest BCUT2D eigenvalue weighted by atomic mass is 16.5. The lowest BCUT2D eigenvalue weighted by Gasteiger charge is -2.17. The molecule has 0 radical (unpaired) electrons. The van der Waals surface area contributed by atoms with E-state index in [4.69, 9.17) is 23.6 Å². The van der Waals surface area contributed by atoms with E-state index in [1.165, 1.54) is 14.0 Å². The van der Waals surface area contributed by atoms with Crippen molar-refractivity contribution >= 4 is 33.5 Å². The summed E-state index contributed by atoms with van der Waals surface area (Å²) in [4.78, 5) is 16.6. The van der Waals surface area contributed by atoms with Gasteiger partial charge in [0, 0.05) is 24.6 Å². The molecule has 0 aliphatic rings. The molecule has 0 aliphatic carbocycles. The number of amides is 1. The predicted octanol–water partition coefficient (Wildman–Crippen LogP) is 6.59. The Morgan fingerprint density at radius 3 is 2.52 bits per heavy atom. The number of carbonyl (C=O) groups excluding carboxylic acids is 1. The first-order chi connectivity index (χ1) is 19.5. The minimum atomic E-state index is -0.241. The van der Waals surface area contributed by atoms with E-state index in [2.05, 4.69) is 27.6 Å². The first-order valence-corrected chi connectivity index (χ1v) is 12.6. The fraction of sp³-hybridized carbons (Fsp3) is 0.129. The van der Waals surface area contributed by atoms with Crippen LogP contribution in [0.15, 0.2) is 83.4 Å². The molecule has 0 spiro atoms. The Morgan fingerprint density at radius 1 is 0.950 bits per heavy atom. The van der Waals surface area contributed by atoms with Crippen molar-refractivity contribution in [2.24, 2.45) is 0 Å². The number of hydrogen-bond acceptors (Lipinski definition) is 7.